The van der Waals surface area contributed by atoms with Gasteiger partial charge < -0.3 is 15.6 Å². The van der Waals surface area contributed by atoms with Crippen molar-refractivity contribution < 1.29 is 14.6 Å². The summed E-state index contributed by atoms with van der Waals surface area (Å²) >= 11 is 0. The molecule has 0 bridgehead atoms. The number of aliphatic carboxylic acids is 1. The Hall–Kier alpha value is -0.610. The number of carbonyl (C=O) groups is 1. The van der Waals surface area contributed by atoms with Crippen molar-refractivity contribution in [1.82, 2.24) is 0 Å². The van der Waals surface area contributed by atoms with Gasteiger partial charge in [-0.3, -0.25) is 4.79 Å². The zero-order chi connectivity index (χ0) is 8.27. The van der Waals surface area contributed by atoms with E-state index < -0.39 is 12.0 Å². The van der Waals surface area contributed by atoms with E-state index in [0.717, 1.165) is 19.4 Å². The average Bonchev–Trinajstić information content (AvgIpc) is 2.05. The summed E-state index contributed by atoms with van der Waals surface area (Å²) < 4.78 is 5.11. The van der Waals surface area contributed by atoms with Crippen molar-refractivity contribution in [2.75, 3.05) is 13.2 Å². The highest BCUT2D eigenvalue weighted by molar-refractivity contribution is 5.73. The predicted molar refractivity (Wildman–Crippen MR) is 39.2 cm³/mol. The lowest BCUT2D eigenvalue weighted by molar-refractivity contribution is -0.141. The Morgan fingerprint density at radius 1 is 1.73 bits per heavy atom. The first-order chi connectivity index (χ1) is 5.22. The molecule has 4 nitrogen and oxygen atoms in total. The van der Waals surface area contributed by atoms with Gasteiger partial charge in [0.15, 0.2) is 0 Å². The minimum atomic E-state index is -0.930. The largest absolute Gasteiger partial charge is 0.480 e. The minimum absolute atomic E-state index is 0.00116. The second kappa shape index (κ2) is 3.69. The topological polar surface area (TPSA) is 72.6 Å². The van der Waals surface area contributed by atoms with Crippen LogP contribution in [0.4, 0.5) is 0 Å². The summed E-state index contributed by atoms with van der Waals surface area (Å²) in [5, 5.41) is 8.55. The molecule has 64 valence electrons. The standard InChI is InChI=1S/C7H13NO3/c8-6(7(9)10)5-2-1-3-11-4-5/h5-6H,1-4,8H2,(H,9,10)/t5?,6-/m0/s1. The fourth-order valence-corrected chi connectivity index (χ4v) is 1.25. The van der Waals surface area contributed by atoms with Crippen molar-refractivity contribution in [3.8, 4) is 0 Å². The summed E-state index contributed by atoms with van der Waals surface area (Å²) in [7, 11) is 0. The second-order valence-electron chi connectivity index (χ2n) is 2.84. The molecule has 1 fully saturated rings. The second-order valence-corrected chi connectivity index (χ2v) is 2.84. The lowest BCUT2D eigenvalue weighted by atomic mass is 9.95. The zero-order valence-electron chi connectivity index (χ0n) is 6.32. The SMILES string of the molecule is N[C@H](C(=O)O)C1CCCOC1. The molecular weight excluding hydrogens is 146 g/mol. The van der Waals surface area contributed by atoms with E-state index in [2.05, 4.69) is 0 Å². The summed E-state index contributed by atoms with van der Waals surface area (Å²) in [6.07, 6.45) is 1.79. The number of nitrogens with two attached hydrogens (primary N) is 1. The molecule has 1 aliphatic rings. The highest BCUT2D eigenvalue weighted by atomic mass is 16.5. The summed E-state index contributed by atoms with van der Waals surface area (Å²) in [5.74, 6) is -0.929. The van der Waals surface area contributed by atoms with Crippen molar-refractivity contribution in [3.05, 3.63) is 0 Å². The van der Waals surface area contributed by atoms with E-state index in [1.165, 1.54) is 0 Å². The number of rotatable bonds is 2. The lowest BCUT2D eigenvalue weighted by Crippen LogP contribution is -2.41. The van der Waals surface area contributed by atoms with E-state index in [4.69, 9.17) is 15.6 Å². The van der Waals surface area contributed by atoms with Gasteiger partial charge in [-0.2, -0.15) is 0 Å². The minimum Gasteiger partial charge on any atom is -0.480 e. The van der Waals surface area contributed by atoms with Crippen LogP contribution in [0.25, 0.3) is 0 Å². The van der Waals surface area contributed by atoms with Crippen LogP contribution in [0.5, 0.6) is 0 Å². The van der Waals surface area contributed by atoms with Gasteiger partial charge in [-0.1, -0.05) is 0 Å². The molecule has 11 heavy (non-hydrogen) atoms. The normalized spacial score (nSPS) is 27.9. The monoisotopic (exact) mass is 159 g/mol. The highest BCUT2D eigenvalue weighted by Gasteiger charge is 2.25. The summed E-state index contributed by atoms with van der Waals surface area (Å²) in [6.45, 7) is 1.23. The van der Waals surface area contributed by atoms with Gasteiger partial charge in [-0.05, 0) is 12.8 Å². The third-order valence-corrected chi connectivity index (χ3v) is 1.99. The molecule has 2 atom stereocenters. The number of hydrogen-bond donors (Lipinski definition) is 2. The third kappa shape index (κ3) is 2.17. The van der Waals surface area contributed by atoms with Crippen molar-refractivity contribution in [2.24, 2.45) is 11.7 Å². The predicted octanol–water partition coefficient (Wildman–Crippen LogP) is -0.175. The first-order valence-electron chi connectivity index (χ1n) is 3.78. The molecule has 4 heteroatoms. The van der Waals surface area contributed by atoms with E-state index >= 15 is 0 Å². The summed E-state index contributed by atoms with van der Waals surface area (Å²) in [5.41, 5.74) is 5.41. The van der Waals surface area contributed by atoms with Crippen LogP contribution in [-0.2, 0) is 9.53 Å². The molecule has 3 N–H and O–H groups in total. The van der Waals surface area contributed by atoms with Crippen molar-refractivity contribution in [2.45, 2.75) is 18.9 Å². The molecule has 0 aliphatic carbocycles. The van der Waals surface area contributed by atoms with Gasteiger partial charge in [0.2, 0.25) is 0 Å². The van der Waals surface area contributed by atoms with Crippen LogP contribution in [0, 0.1) is 5.92 Å². The third-order valence-electron chi connectivity index (χ3n) is 1.99. The molecular formula is C7H13NO3. The molecule has 0 saturated carbocycles. The molecule has 0 amide bonds. The van der Waals surface area contributed by atoms with Gasteiger partial charge in [0.1, 0.15) is 6.04 Å². The average molecular weight is 159 g/mol. The Kier molecular flexibility index (Phi) is 2.84. The zero-order valence-corrected chi connectivity index (χ0v) is 6.32. The summed E-state index contributed by atoms with van der Waals surface area (Å²) in [6, 6.07) is -0.754. The maximum atomic E-state index is 10.4. The highest BCUT2D eigenvalue weighted by Crippen LogP contribution is 2.15. The fourth-order valence-electron chi connectivity index (χ4n) is 1.25. The maximum Gasteiger partial charge on any atom is 0.320 e. The van der Waals surface area contributed by atoms with Crippen LogP contribution >= 0.6 is 0 Å². The Bertz CT molecular complexity index is 143. The molecule has 0 spiro atoms. The Balaban J connectivity index is 2.38. The molecule has 0 aromatic rings. The smallest absolute Gasteiger partial charge is 0.320 e. The van der Waals surface area contributed by atoms with Crippen molar-refractivity contribution >= 4 is 5.97 Å². The van der Waals surface area contributed by atoms with E-state index in [0.29, 0.717) is 6.61 Å². The van der Waals surface area contributed by atoms with Crippen LogP contribution in [0.3, 0.4) is 0 Å². The molecule has 1 rings (SSSR count). The van der Waals surface area contributed by atoms with Gasteiger partial charge in [0.25, 0.3) is 0 Å². The van der Waals surface area contributed by atoms with Crippen molar-refractivity contribution in [3.63, 3.8) is 0 Å². The van der Waals surface area contributed by atoms with E-state index in [1.807, 2.05) is 0 Å². The van der Waals surface area contributed by atoms with Crippen LogP contribution in [0.15, 0.2) is 0 Å². The van der Waals surface area contributed by atoms with Gasteiger partial charge >= 0.3 is 5.97 Å². The van der Waals surface area contributed by atoms with Crippen LogP contribution in [0.1, 0.15) is 12.8 Å². The van der Waals surface area contributed by atoms with Gasteiger partial charge in [0.05, 0.1) is 6.61 Å². The quantitative estimate of drug-likeness (QED) is 0.586. The molecule has 1 aliphatic heterocycles. The van der Waals surface area contributed by atoms with Gasteiger partial charge in [-0.15, -0.1) is 0 Å². The first-order valence-corrected chi connectivity index (χ1v) is 3.78. The molecule has 1 heterocycles. The molecule has 0 radical (unpaired) electrons. The van der Waals surface area contributed by atoms with Crippen molar-refractivity contribution in [1.29, 1.82) is 0 Å². The number of carboxylic acids is 1. The fraction of sp³-hybridized carbons (Fsp3) is 0.857. The number of ether oxygens (including phenoxy) is 1. The first kappa shape index (κ1) is 8.49. The van der Waals surface area contributed by atoms with Crippen LogP contribution in [0.2, 0.25) is 0 Å². The van der Waals surface area contributed by atoms with Gasteiger partial charge in [-0.25, -0.2) is 0 Å². The van der Waals surface area contributed by atoms with E-state index in [1.54, 1.807) is 0 Å². The van der Waals surface area contributed by atoms with E-state index in [-0.39, 0.29) is 5.92 Å². The Morgan fingerprint density at radius 2 is 2.45 bits per heavy atom. The Morgan fingerprint density at radius 3 is 2.91 bits per heavy atom. The van der Waals surface area contributed by atoms with Crippen LogP contribution < -0.4 is 5.73 Å². The molecule has 1 saturated heterocycles. The number of hydrogen-bond acceptors (Lipinski definition) is 3. The van der Waals surface area contributed by atoms with Gasteiger partial charge in [0, 0.05) is 12.5 Å². The van der Waals surface area contributed by atoms with E-state index in [9.17, 15) is 4.79 Å². The maximum absolute atomic E-state index is 10.4. The van der Waals surface area contributed by atoms with Crippen LogP contribution in [-0.4, -0.2) is 30.3 Å². The molecule has 0 aromatic carbocycles. The summed E-state index contributed by atoms with van der Waals surface area (Å²) in [4.78, 5) is 10.4. The Labute approximate surface area is 65.3 Å². The molecule has 0 aromatic heterocycles. The molecule has 1 unspecified atom stereocenters. The lowest BCUT2D eigenvalue weighted by Gasteiger charge is -2.24. The number of carboxylic acid groups (broad SMARTS) is 1.